The number of nitro groups is 1. The molecule has 0 spiro atoms. The van der Waals surface area contributed by atoms with E-state index in [1.54, 1.807) is 0 Å². The molecule has 0 aliphatic heterocycles. The van der Waals surface area contributed by atoms with Gasteiger partial charge in [0.1, 0.15) is 5.69 Å². The number of anilines is 1. The molecule has 0 bridgehead atoms. The Hall–Kier alpha value is -2.32. The van der Waals surface area contributed by atoms with Gasteiger partial charge in [-0.15, -0.1) is 0 Å². The quantitative estimate of drug-likeness (QED) is 0.478. The fourth-order valence-electron chi connectivity index (χ4n) is 1.76. The molecule has 21 heavy (non-hydrogen) atoms. The highest BCUT2D eigenvalue weighted by Gasteiger charge is 2.35. The van der Waals surface area contributed by atoms with Gasteiger partial charge in [0.05, 0.1) is 10.5 Å². The second-order valence-corrected chi connectivity index (χ2v) is 4.36. The second kappa shape index (κ2) is 6.42. The number of hydrogen-bond donors (Lipinski definition) is 2. The Balaban J connectivity index is 3.01. The third-order valence-electron chi connectivity index (χ3n) is 2.73. The van der Waals surface area contributed by atoms with E-state index in [9.17, 15) is 28.1 Å². The van der Waals surface area contributed by atoms with Crippen LogP contribution >= 0.6 is 0 Å². The van der Waals surface area contributed by atoms with Crippen LogP contribution < -0.4 is 5.32 Å². The molecule has 0 saturated carbocycles. The van der Waals surface area contributed by atoms with Crippen molar-refractivity contribution in [2.24, 2.45) is 0 Å². The lowest BCUT2D eigenvalue weighted by molar-refractivity contribution is -0.384. The van der Waals surface area contributed by atoms with Crippen molar-refractivity contribution in [1.82, 2.24) is 0 Å². The number of hydrogen-bond acceptors (Lipinski definition) is 4. The SMILES string of the molecule is Cc1cc(NCCCC(=O)O)c([N+](=O)[O-])cc1C(F)(F)F. The van der Waals surface area contributed by atoms with Crippen LogP contribution in [0.5, 0.6) is 0 Å². The molecule has 0 unspecified atom stereocenters. The molecule has 1 rings (SSSR count). The zero-order valence-corrected chi connectivity index (χ0v) is 11.0. The molecule has 6 nitrogen and oxygen atoms in total. The number of carbonyl (C=O) groups is 1. The number of halogens is 3. The van der Waals surface area contributed by atoms with Crippen LogP contribution in [0.1, 0.15) is 24.0 Å². The Labute approximate surface area is 117 Å². The largest absolute Gasteiger partial charge is 0.481 e. The zero-order valence-electron chi connectivity index (χ0n) is 11.0. The van der Waals surface area contributed by atoms with Crippen molar-refractivity contribution < 1.29 is 28.0 Å². The minimum Gasteiger partial charge on any atom is -0.481 e. The molecule has 0 radical (unpaired) electrons. The van der Waals surface area contributed by atoms with Crippen molar-refractivity contribution >= 4 is 17.3 Å². The minimum absolute atomic E-state index is 0.0594. The van der Waals surface area contributed by atoms with Crippen LogP contribution in [0.15, 0.2) is 12.1 Å². The van der Waals surface area contributed by atoms with Gasteiger partial charge in [0.15, 0.2) is 0 Å². The number of nitrogens with one attached hydrogen (secondary N) is 1. The summed E-state index contributed by atoms with van der Waals surface area (Å²) >= 11 is 0. The lowest BCUT2D eigenvalue weighted by Gasteiger charge is -2.13. The Kier molecular flexibility index (Phi) is 5.12. The van der Waals surface area contributed by atoms with Crippen molar-refractivity contribution in [2.45, 2.75) is 25.9 Å². The van der Waals surface area contributed by atoms with E-state index >= 15 is 0 Å². The Morgan fingerprint density at radius 3 is 2.52 bits per heavy atom. The fraction of sp³-hybridized carbons (Fsp3) is 0.417. The first-order valence-electron chi connectivity index (χ1n) is 5.95. The highest BCUT2D eigenvalue weighted by atomic mass is 19.4. The number of aliphatic carboxylic acids is 1. The van der Waals surface area contributed by atoms with Gasteiger partial charge in [-0.3, -0.25) is 14.9 Å². The molecule has 0 atom stereocenters. The summed E-state index contributed by atoms with van der Waals surface area (Å²) in [6.07, 6.45) is -4.61. The summed E-state index contributed by atoms with van der Waals surface area (Å²) in [5, 5.41) is 21.9. The van der Waals surface area contributed by atoms with Gasteiger partial charge in [-0.05, 0) is 25.0 Å². The van der Waals surface area contributed by atoms with Crippen LogP contribution in [0.2, 0.25) is 0 Å². The van der Waals surface area contributed by atoms with E-state index in [0.29, 0.717) is 6.07 Å². The maximum atomic E-state index is 12.7. The van der Waals surface area contributed by atoms with E-state index in [2.05, 4.69) is 5.32 Å². The topological polar surface area (TPSA) is 92.5 Å². The number of benzene rings is 1. The van der Waals surface area contributed by atoms with Crippen molar-refractivity contribution in [3.05, 3.63) is 33.4 Å². The highest BCUT2D eigenvalue weighted by molar-refractivity contribution is 5.67. The van der Waals surface area contributed by atoms with Gasteiger partial charge in [0.25, 0.3) is 5.69 Å². The van der Waals surface area contributed by atoms with Crippen LogP contribution in [0, 0.1) is 17.0 Å². The first kappa shape index (κ1) is 16.7. The number of nitrogens with zero attached hydrogens (tertiary/aromatic N) is 1. The molecule has 0 fully saturated rings. The predicted octanol–water partition coefficient (Wildman–Crippen LogP) is 3.20. The lowest BCUT2D eigenvalue weighted by Crippen LogP contribution is -2.11. The van der Waals surface area contributed by atoms with Gasteiger partial charge in [0.2, 0.25) is 0 Å². The van der Waals surface area contributed by atoms with Gasteiger partial charge >= 0.3 is 12.1 Å². The van der Waals surface area contributed by atoms with Crippen molar-refractivity contribution in [3.63, 3.8) is 0 Å². The average molecular weight is 306 g/mol. The van der Waals surface area contributed by atoms with E-state index in [1.807, 2.05) is 0 Å². The number of rotatable bonds is 6. The lowest BCUT2D eigenvalue weighted by atomic mass is 10.1. The van der Waals surface area contributed by atoms with Gasteiger partial charge in [-0.25, -0.2) is 0 Å². The average Bonchev–Trinajstić information content (AvgIpc) is 2.32. The van der Waals surface area contributed by atoms with Crippen molar-refractivity contribution in [3.8, 4) is 0 Å². The number of aryl methyl sites for hydroxylation is 1. The molecule has 0 heterocycles. The molecule has 1 aromatic rings. The van der Waals surface area contributed by atoms with Gasteiger partial charge in [0, 0.05) is 19.0 Å². The Morgan fingerprint density at radius 2 is 2.05 bits per heavy atom. The third-order valence-corrected chi connectivity index (χ3v) is 2.73. The molecule has 0 aliphatic carbocycles. The second-order valence-electron chi connectivity index (χ2n) is 4.36. The van der Waals surface area contributed by atoms with Crippen LogP contribution in [-0.4, -0.2) is 22.5 Å². The van der Waals surface area contributed by atoms with Crippen LogP contribution in [-0.2, 0) is 11.0 Å². The van der Waals surface area contributed by atoms with Crippen molar-refractivity contribution in [2.75, 3.05) is 11.9 Å². The third kappa shape index (κ3) is 4.62. The highest BCUT2D eigenvalue weighted by Crippen LogP contribution is 2.37. The first-order valence-corrected chi connectivity index (χ1v) is 5.95. The maximum Gasteiger partial charge on any atom is 0.416 e. The van der Waals surface area contributed by atoms with E-state index in [0.717, 1.165) is 6.07 Å². The molecule has 0 amide bonds. The minimum atomic E-state index is -4.67. The standard InChI is InChI=1S/C12H13F3N2O4/c1-7-5-9(16-4-2-3-11(18)19)10(17(20)21)6-8(7)12(13,14)15/h5-6,16H,2-4H2,1H3,(H,18,19). The van der Waals surface area contributed by atoms with E-state index in [-0.39, 0.29) is 30.6 Å². The monoisotopic (exact) mass is 306 g/mol. The summed E-state index contributed by atoms with van der Waals surface area (Å²) < 4.78 is 38.1. The molecular formula is C12H13F3N2O4. The van der Waals surface area contributed by atoms with Gasteiger partial charge in [-0.1, -0.05) is 0 Å². The molecule has 0 aliphatic rings. The molecular weight excluding hydrogens is 293 g/mol. The summed E-state index contributed by atoms with van der Waals surface area (Å²) in [6.45, 7) is 1.31. The molecule has 9 heteroatoms. The number of carboxylic acids is 1. The van der Waals surface area contributed by atoms with Crippen LogP contribution in [0.25, 0.3) is 0 Å². The molecule has 0 aromatic heterocycles. The van der Waals surface area contributed by atoms with Crippen LogP contribution in [0.3, 0.4) is 0 Å². The van der Waals surface area contributed by atoms with E-state index in [4.69, 9.17) is 5.11 Å². The molecule has 1 aromatic carbocycles. The van der Waals surface area contributed by atoms with Crippen molar-refractivity contribution in [1.29, 1.82) is 0 Å². The molecule has 116 valence electrons. The molecule has 2 N–H and O–H groups in total. The summed E-state index contributed by atoms with van der Waals surface area (Å²) in [5.74, 6) is -1.02. The Morgan fingerprint density at radius 1 is 1.43 bits per heavy atom. The summed E-state index contributed by atoms with van der Waals surface area (Å²) in [5.41, 5.74) is -1.96. The van der Waals surface area contributed by atoms with E-state index < -0.39 is 28.3 Å². The van der Waals surface area contributed by atoms with Gasteiger partial charge < -0.3 is 10.4 Å². The summed E-state index contributed by atoms with van der Waals surface area (Å²) in [7, 11) is 0. The smallest absolute Gasteiger partial charge is 0.416 e. The summed E-state index contributed by atoms with van der Waals surface area (Å²) in [6, 6.07) is 1.52. The first-order chi connectivity index (χ1) is 9.62. The number of nitro benzene ring substituents is 1. The van der Waals surface area contributed by atoms with Gasteiger partial charge in [-0.2, -0.15) is 13.2 Å². The normalized spacial score (nSPS) is 11.2. The zero-order chi connectivity index (χ0) is 16.2. The van der Waals surface area contributed by atoms with E-state index in [1.165, 1.54) is 6.92 Å². The number of carboxylic acid groups (broad SMARTS) is 1. The van der Waals surface area contributed by atoms with Crippen LogP contribution in [0.4, 0.5) is 24.5 Å². The number of alkyl halides is 3. The molecule has 0 saturated heterocycles. The maximum absolute atomic E-state index is 12.7. The Bertz CT molecular complexity index is 558. The fourth-order valence-corrected chi connectivity index (χ4v) is 1.76. The summed E-state index contributed by atoms with van der Waals surface area (Å²) in [4.78, 5) is 20.3. The predicted molar refractivity (Wildman–Crippen MR) is 68.2 cm³/mol.